The van der Waals surface area contributed by atoms with Gasteiger partial charge < -0.3 is 9.13 Å². The predicted molar refractivity (Wildman–Crippen MR) is 213 cm³/mol. The first kappa shape index (κ1) is 27.3. The number of rotatable bonds is 3. The van der Waals surface area contributed by atoms with Crippen molar-refractivity contribution in [3.8, 4) is 22.5 Å². The smallest absolute Gasteiger partial charge is 0.0548 e. The molecule has 232 valence electrons. The summed E-state index contributed by atoms with van der Waals surface area (Å²) in [4.78, 5) is 0. The minimum Gasteiger partial charge on any atom is -0.309 e. The number of hydrogen-bond donors (Lipinski definition) is 0. The van der Waals surface area contributed by atoms with Gasteiger partial charge in [0.25, 0.3) is 0 Å². The number of hydrogen-bond acceptors (Lipinski definition) is 0. The normalized spacial score (nSPS) is 12.0. The fraction of sp³-hybridized carbons (Fsp3) is 0. The van der Waals surface area contributed by atoms with Crippen LogP contribution in [0.1, 0.15) is 0 Å². The lowest BCUT2D eigenvalue weighted by Gasteiger charge is -2.11. The number of fused-ring (bicyclic) bond motifs is 10. The van der Waals surface area contributed by atoms with Gasteiger partial charge in [-0.1, -0.05) is 121 Å². The second-order valence-corrected chi connectivity index (χ2v) is 13.4. The van der Waals surface area contributed by atoms with E-state index in [4.69, 9.17) is 0 Å². The molecule has 0 saturated carbocycles. The molecule has 0 aliphatic rings. The van der Waals surface area contributed by atoms with Crippen molar-refractivity contribution in [2.45, 2.75) is 0 Å². The quantitative estimate of drug-likeness (QED) is 0.183. The minimum absolute atomic E-state index is 1.17. The zero-order valence-electron chi connectivity index (χ0n) is 27.2. The second-order valence-electron chi connectivity index (χ2n) is 13.4. The lowest BCUT2D eigenvalue weighted by atomic mass is 9.98. The molecule has 9 aromatic carbocycles. The van der Waals surface area contributed by atoms with Crippen molar-refractivity contribution < 1.29 is 0 Å². The van der Waals surface area contributed by atoms with Crippen LogP contribution in [0.4, 0.5) is 0 Å². The van der Waals surface area contributed by atoms with Crippen LogP contribution in [0.25, 0.3) is 98.4 Å². The first-order chi connectivity index (χ1) is 24.8. The standard InChI is InChI=1S/C48H30N2/c1-3-11-33-27-35(18-17-31(33)9-1)36-19-20-38-30-40(24-22-37(38)28-36)50-44-16-8-6-14-42(44)48-46(50)26-25-45-47(48)41-13-5-7-15-43(41)49(45)39-23-21-32-10-2-4-12-34(32)29-39/h1-30H. The molecule has 0 aliphatic heterocycles. The molecule has 0 saturated heterocycles. The van der Waals surface area contributed by atoms with Crippen LogP contribution in [-0.2, 0) is 0 Å². The highest BCUT2D eigenvalue weighted by atomic mass is 15.0. The molecular weight excluding hydrogens is 605 g/mol. The lowest BCUT2D eigenvalue weighted by molar-refractivity contribution is 1.18. The van der Waals surface area contributed by atoms with Crippen LogP contribution >= 0.6 is 0 Å². The summed E-state index contributed by atoms with van der Waals surface area (Å²) in [6.07, 6.45) is 0. The van der Waals surface area contributed by atoms with E-state index < -0.39 is 0 Å². The number of para-hydroxylation sites is 2. The molecule has 0 spiro atoms. The molecule has 0 N–H and O–H groups in total. The van der Waals surface area contributed by atoms with Crippen LogP contribution in [0.3, 0.4) is 0 Å². The fourth-order valence-corrected chi connectivity index (χ4v) is 8.31. The molecule has 0 radical (unpaired) electrons. The summed E-state index contributed by atoms with van der Waals surface area (Å²) < 4.78 is 4.88. The van der Waals surface area contributed by atoms with Gasteiger partial charge in [0.15, 0.2) is 0 Å². The Balaban J connectivity index is 1.13. The highest BCUT2D eigenvalue weighted by Gasteiger charge is 2.20. The molecule has 2 heterocycles. The van der Waals surface area contributed by atoms with Gasteiger partial charge in [-0.3, -0.25) is 0 Å². The van der Waals surface area contributed by atoms with E-state index in [2.05, 4.69) is 191 Å². The number of benzene rings is 9. The van der Waals surface area contributed by atoms with Gasteiger partial charge in [0, 0.05) is 32.9 Å². The Kier molecular flexibility index (Phi) is 5.70. The first-order valence-corrected chi connectivity index (χ1v) is 17.3. The van der Waals surface area contributed by atoms with E-state index >= 15 is 0 Å². The maximum Gasteiger partial charge on any atom is 0.0548 e. The summed E-state index contributed by atoms with van der Waals surface area (Å²) >= 11 is 0. The highest BCUT2D eigenvalue weighted by Crippen LogP contribution is 2.43. The third-order valence-electron chi connectivity index (χ3n) is 10.6. The zero-order chi connectivity index (χ0) is 32.8. The van der Waals surface area contributed by atoms with Gasteiger partial charge in [-0.05, 0) is 104 Å². The van der Waals surface area contributed by atoms with Crippen molar-refractivity contribution in [2.75, 3.05) is 0 Å². The molecule has 2 heteroatoms. The van der Waals surface area contributed by atoms with Crippen molar-refractivity contribution >= 4 is 75.9 Å². The van der Waals surface area contributed by atoms with Gasteiger partial charge in [0.2, 0.25) is 0 Å². The Morgan fingerprint density at radius 3 is 1.20 bits per heavy atom. The average molecular weight is 635 g/mol. The van der Waals surface area contributed by atoms with Crippen LogP contribution < -0.4 is 0 Å². The van der Waals surface area contributed by atoms with E-state index in [0.717, 1.165) is 0 Å². The summed E-state index contributed by atoms with van der Waals surface area (Å²) in [5, 5.41) is 12.6. The first-order valence-electron chi connectivity index (χ1n) is 17.3. The Labute approximate surface area is 288 Å². The Bertz CT molecular complexity index is 3160. The number of nitrogens with zero attached hydrogens (tertiary/aromatic N) is 2. The second kappa shape index (κ2) is 10.4. The Morgan fingerprint density at radius 1 is 0.260 bits per heavy atom. The SMILES string of the molecule is c1ccc2cc(-c3ccc4cc(-n5c6ccccc6c6c7c8ccccc8n(-c8ccc9ccccc9c8)c7ccc65)ccc4c3)ccc2c1. The maximum atomic E-state index is 2.45. The van der Waals surface area contributed by atoms with Gasteiger partial charge in [-0.2, -0.15) is 0 Å². The maximum absolute atomic E-state index is 2.45. The molecule has 2 nitrogen and oxygen atoms in total. The van der Waals surface area contributed by atoms with E-state index in [1.807, 2.05) is 0 Å². The monoisotopic (exact) mass is 634 g/mol. The molecule has 0 aliphatic carbocycles. The fourth-order valence-electron chi connectivity index (χ4n) is 8.31. The van der Waals surface area contributed by atoms with Gasteiger partial charge >= 0.3 is 0 Å². The van der Waals surface area contributed by atoms with Crippen molar-refractivity contribution in [1.29, 1.82) is 0 Å². The van der Waals surface area contributed by atoms with E-state index in [1.165, 1.54) is 98.4 Å². The van der Waals surface area contributed by atoms with Crippen LogP contribution in [0, 0.1) is 0 Å². The Hall–Kier alpha value is -6.64. The van der Waals surface area contributed by atoms with Gasteiger partial charge in [-0.25, -0.2) is 0 Å². The summed E-state index contributed by atoms with van der Waals surface area (Å²) in [5.41, 5.74) is 9.68. The van der Waals surface area contributed by atoms with Crippen molar-refractivity contribution in [1.82, 2.24) is 9.13 Å². The van der Waals surface area contributed by atoms with Gasteiger partial charge in [-0.15, -0.1) is 0 Å². The molecular formula is C48H30N2. The van der Waals surface area contributed by atoms with Crippen molar-refractivity contribution in [2.24, 2.45) is 0 Å². The zero-order valence-corrected chi connectivity index (χ0v) is 27.2. The molecule has 0 fully saturated rings. The van der Waals surface area contributed by atoms with E-state index in [9.17, 15) is 0 Å². The summed E-state index contributed by atoms with van der Waals surface area (Å²) in [6, 6.07) is 66.8. The predicted octanol–water partition coefficient (Wildman–Crippen LogP) is 13.0. The summed E-state index contributed by atoms with van der Waals surface area (Å²) in [7, 11) is 0. The minimum atomic E-state index is 1.17. The molecule has 0 unspecified atom stereocenters. The van der Waals surface area contributed by atoms with Crippen LogP contribution in [0.5, 0.6) is 0 Å². The van der Waals surface area contributed by atoms with E-state index in [0.29, 0.717) is 0 Å². The largest absolute Gasteiger partial charge is 0.309 e. The third-order valence-corrected chi connectivity index (χ3v) is 10.6. The highest BCUT2D eigenvalue weighted by molar-refractivity contribution is 6.29. The summed E-state index contributed by atoms with van der Waals surface area (Å²) in [5.74, 6) is 0. The molecule has 0 atom stereocenters. The average Bonchev–Trinajstić information content (AvgIpc) is 3.70. The van der Waals surface area contributed by atoms with Gasteiger partial charge in [0.05, 0.1) is 22.1 Å². The van der Waals surface area contributed by atoms with Crippen LogP contribution in [-0.4, -0.2) is 9.13 Å². The van der Waals surface area contributed by atoms with Crippen molar-refractivity contribution in [3.05, 3.63) is 182 Å². The van der Waals surface area contributed by atoms with E-state index in [-0.39, 0.29) is 0 Å². The Morgan fingerprint density at radius 2 is 0.640 bits per heavy atom. The van der Waals surface area contributed by atoms with Crippen molar-refractivity contribution in [3.63, 3.8) is 0 Å². The van der Waals surface area contributed by atoms with Crippen LogP contribution in [0.15, 0.2) is 182 Å². The lowest BCUT2D eigenvalue weighted by Crippen LogP contribution is -1.95. The molecule has 50 heavy (non-hydrogen) atoms. The molecule has 11 aromatic rings. The molecule has 2 aromatic heterocycles. The molecule has 0 bridgehead atoms. The third kappa shape index (κ3) is 3.96. The topological polar surface area (TPSA) is 9.86 Å². The molecule has 11 rings (SSSR count). The van der Waals surface area contributed by atoms with Gasteiger partial charge in [0.1, 0.15) is 0 Å². The number of aromatic nitrogens is 2. The molecule has 0 amide bonds. The van der Waals surface area contributed by atoms with E-state index in [1.54, 1.807) is 0 Å². The summed E-state index contributed by atoms with van der Waals surface area (Å²) in [6.45, 7) is 0. The van der Waals surface area contributed by atoms with Crippen LogP contribution in [0.2, 0.25) is 0 Å².